The summed E-state index contributed by atoms with van der Waals surface area (Å²) in [5.74, 6) is -0.419. The predicted molar refractivity (Wildman–Crippen MR) is 102 cm³/mol. The Balaban J connectivity index is 2.10. The summed E-state index contributed by atoms with van der Waals surface area (Å²) < 4.78 is 25.1. The number of anilines is 1. The number of hydrogen-bond donors (Lipinski definition) is 1. The van der Waals surface area contributed by atoms with Gasteiger partial charge in [0.2, 0.25) is 15.9 Å². The van der Waals surface area contributed by atoms with E-state index >= 15 is 0 Å². The Kier molecular flexibility index (Phi) is 6.32. The van der Waals surface area contributed by atoms with E-state index in [-0.39, 0.29) is 17.3 Å². The smallest absolute Gasteiger partial charge is 0.241 e. The molecule has 0 aliphatic rings. The van der Waals surface area contributed by atoms with Crippen LogP contribution in [0.5, 0.6) is 0 Å². The number of sulfonamides is 1. The third-order valence-electron chi connectivity index (χ3n) is 3.49. The van der Waals surface area contributed by atoms with Gasteiger partial charge in [0.25, 0.3) is 0 Å². The highest BCUT2D eigenvalue weighted by atomic mass is 35.5. The molecule has 134 valence electrons. The van der Waals surface area contributed by atoms with Crippen LogP contribution in [0.25, 0.3) is 0 Å². The second kappa shape index (κ2) is 8.08. The maximum absolute atomic E-state index is 12.2. The van der Waals surface area contributed by atoms with Crippen LogP contribution in [0.2, 0.25) is 10.0 Å². The van der Waals surface area contributed by atoms with Gasteiger partial charge >= 0.3 is 0 Å². The van der Waals surface area contributed by atoms with E-state index in [0.29, 0.717) is 11.6 Å². The van der Waals surface area contributed by atoms with Gasteiger partial charge in [0.15, 0.2) is 0 Å². The zero-order chi connectivity index (χ0) is 18.6. The number of nitrogens with zero attached hydrogens (tertiary/aromatic N) is 1. The summed E-state index contributed by atoms with van der Waals surface area (Å²) in [4.78, 5) is 12.2. The number of benzene rings is 2. The van der Waals surface area contributed by atoms with Crippen LogP contribution >= 0.6 is 23.2 Å². The lowest BCUT2D eigenvalue weighted by atomic mass is 10.1. The fourth-order valence-electron chi connectivity index (χ4n) is 2.13. The molecule has 0 unspecified atom stereocenters. The summed E-state index contributed by atoms with van der Waals surface area (Å²) >= 11 is 11.8. The van der Waals surface area contributed by atoms with Crippen LogP contribution in [0.15, 0.2) is 42.5 Å². The molecule has 2 rings (SSSR count). The lowest BCUT2D eigenvalue weighted by molar-refractivity contribution is -0.119. The highest BCUT2D eigenvalue weighted by Crippen LogP contribution is 2.28. The van der Waals surface area contributed by atoms with Gasteiger partial charge in [0.1, 0.15) is 6.54 Å². The predicted octanol–water partition coefficient (Wildman–Crippen LogP) is 3.38. The van der Waals surface area contributed by atoms with E-state index in [2.05, 4.69) is 5.32 Å². The molecule has 1 N–H and O–H groups in total. The number of rotatable bonds is 6. The minimum absolute atomic E-state index is 0.216. The summed E-state index contributed by atoms with van der Waals surface area (Å²) in [5.41, 5.74) is 2.33. The second-order valence-corrected chi connectivity index (χ2v) is 8.35. The van der Waals surface area contributed by atoms with E-state index < -0.39 is 15.9 Å². The normalized spacial score (nSPS) is 11.2. The molecule has 1 amide bonds. The van der Waals surface area contributed by atoms with Crippen LogP contribution in [0.1, 0.15) is 11.1 Å². The second-order valence-electron chi connectivity index (χ2n) is 5.63. The van der Waals surface area contributed by atoms with Crippen molar-refractivity contribution in [1.29, 1.82) is 0 Å². The van der Waals surface area contributed by atoms with Crippen molar-refractivity contribution in [3.63, 3.8) is 0 Å². The lowest BCUT2D eigenvalue weighted by Gasteiger charge is -2.22. The molecule has 5 nitrogen and oxygen atoms in total. The molecule has 8 heteroatoms. The molecule has 0 heterocycles. The standard InChI is InChI=1S/C17H18Cl2N2O3S/c1-12-3-5-13(6-4-12)10-20-17(22)11-21(25(2,23)24)14-7-8-15(18)16(19)9-14/h3-9H,10-11H2,1-2H3,(H,20,22). The highest BCUT2D eigenvalue weighted by Gasteiger charge is 2.21. The van der Waals surface area contributed by atoms with Gasteiger partial charge in [0, 0.05) is 6.54 Å². The quantitative estimate of drug-likeness (QED) is 0.807. The minimum atomic E-state index is -3.66. The van der Waals surface area contributed by atoms with Crippen molar-refractivity contribution in [3.05, 3.63) is 63.6 Å². The van der Waals surface area contributed by atoms with Crippen molar-refractivity contribution >= 4 is 44.8 Å². The maximum atomic E-state index is 12.2. The van der Waals surface area contributed by atoms with E-state index in [1.165, 1.54) is 18.2 Å². The van der Waals surface area contributed by atoms with Gasteiger partial charge in [-0.1, -0.05) is 53.0 Å². The molecule has 0 aliphatic heterocycles. The number of nitrogens with one attached hydrogen (secondary N) is 1. The molecule has 0 fully saturated rings. The Morgan fingerprint density at radius 1 is 1.08 bits per heavy atom. The van der Waals surface area contributed by atoms with Crippen LogP contribution in [0.4, 0.5) is 5.69 Å². The Bertz CT molecular complexity index is 868. The third kappa shape index (κ3) is 5.63. The van der Waals surface area contributed by atoms with E-state index in [1.807, 2.05) is 31.2 Å². The van der Waals surface area contributed by atoms with Crippen LogP contribution in [0, 0.1) is 6.92 Å². The molecule has 0 aliphatic carbocycles. The number of carbonyl (C=O) groups excluding carboxylic acids is 1. The molecule has 2 aromatic carbocycles. The Morgan fingerprint density at radius 2 is 1.72 bits per heavy atom. The van der Waals surface area contributed by atoms with Crippen LogP contribution in [0.3, 0.4) is 0 Å². The number of hydrogen-bond acceptors (Lipinski definition) is 3. The van der Waals surface area contributed by atoms with Crippen molar-refractivity contribution in [1.82, 2.24) is 5.32 Å². The third-order valence-corrected chi connectivity index (χ3v) is 5.37. The van der Waals surface area contributed by atoms with Gasteiger partial charge in [-0.3, -0.25) is 9.10 Å². The van der Waals surface area contributed by atoms with E-state index in [4.69, 9.17) is 23.2 Å². The Hall–Kier alpha value is -1.76. The van der Waals surface area contributed by atoms with Crippen molar-refractivity contribution in [2.45, 2.75) is 13.5 Å². The summed E-state index contributed by atoms with van der Waals surface area (Å²) in [6.45, 7) is 1.95. The number of amides is 1. The SMILES string of the molecule is Cc1ccc(CNC(=O)CN(c2ccc(Cl)c(Cl)c2)S(C)(=O)=O)cc1. The van der Waals surface area contributed by atoms with Gasteiger partial charge in [0.05, 0.1) is 22.0 Å². The Labute approximate surface area is 157 Å². The Morgan fingerprint density at radius 3 is 2.28 bits per heavy atom. The number of carbonyl (C=O) groups is 1. The van der Waals surface area contributed by atoms with Crippen molar-refractivity contribution in [2.24, 2.45) is 0 Å². The maximum Gasteiger partial charge on any atom is 0.241 e. The van der Waals surface area contributed by atoms with Crippen LogP contribution < -0.4 is 9.62 Å². The first-order chi connectivity index (χ1) is 11.7. The lowest BCUT2D eigenvalue weighted by Crippen LogP contribution is -2.40. The van der Waals surface area contributed by atoms with Gasteiger partial charge in [-0.2, -0.15) is 0 Å². The van der Waals surface area contributed by atoms with Gasteiger partial charge in [-0.15, -0.1) is 0 Å². The zero-order valence-corrected chi connectivity index (χ0v) is 16.1. The average Bonchev–Trinajstić information content (AvgIpc) is 2.54. The van der Waals surface area contributed by atoms with Gasteiger partial charge in [-0.25, -0.2) is 8.42 Å². The first kappa shape index (κ1) is 19.6. The summed E-state index contributed by atoms with van der Waals surface area (Å²) in [7, 11) is -3.66. The number of halogens is 2. The van der Waals surface area contributed by atoms with Crippen molar-refractivity contribution in [2.75, 3.05) is 17.1 Å². The molecule has 0 saturated carbocycles. The molecule has 0 aromatic heterocycles. The first-order valence-corrected chi connectivity index (χ1v) is 10.0. The molecule has 0 spiro atoms. The average molecular weight is 401 g/mol. The minimum Gasteiger partial charge on any atom is -0.350 e. The molecule has 0 radical (unpaired) electrons. The molecule has 0 atom stereocenters. The fraction of sp³-hybridized carbons (Fsp3) is 0.235. The molecular weight excluding hydrogens is 383 g/mol. The van der Waals surface area contributed by atoms with Crippen LogP contribution in [-0.2, 0) is 21.4 Å². The molecule has 2 aromatic rings. The first-order valence-electron chi connectivity index (χ1n) is 7.42. The van der Waals surface area contributed by atoms with Gasteiger partial charge < -0.3 is 5.32 Å². The monoisotopic (exact) mass is 400 g/mol. The van der Waals surface area contributed by atoms with E-state index in [9.17, 15) is 13.2 Å². The summed E-state index contributed by atoms with van der Waals surface area (Å²) in [6.07, 6.45) is 1.03. The van der Waals surface area contributed by atoms with Crippen LogP contribution in [-0.4, -0.2) is 27.1 Å². The topological polar surface area (TPSA) is 66.5 Å². The van der Waals surface area contributed by atoms with Crippen molar-refractivity contribution in [3.8, 4) is 0 Å². The van der Waals surface area contributed by atoms with Gasteiger partial charge in [-0.05, 0) is 30.7 Å². The fourth-order valence-corrected chi connectivity index (χ4v) is 3.27. The molecule has 0 saturated heterocycles. The molecule has 25 heavy (non-hydrogen) atoms. The molecular formula is C17H18Cl2N2O3S. The van der Waals surface area contributed by atoms with E-state index in [0.717, 1.165) is 21.7 Å². The zero-order valence-electron chi connectivity index (χ0n) is 13.8. The highest BCUT2D eigenvalue weighted by molar-refractivity contribution is 7.92. The van der Waals surface area contributed by atoms with E-state index in [1.54, 1.807) is 0 Å². The largest absolute Gasteiger partial charge is 0.350 e. The summed E-state index contributed by atoms with van der Waals surface area (Å²) in [5, 5.41) is 3.24. The van der Waals surface area contributed by atoms with Crippen molar-refractivity contribution < 1.29 is 13.2 Å². The summed E-state index contributed by atoms with van der Waals surface area (Å²) in [6, 6.07) is 12.1. The molecule has 0 bridgehead atoms. The number of aryl methyl sites for hydroxylation is 1.